The standard InChI is InChI=1S/C18H34N4O/c1-19-17(23)14-16-9-12-22(13-10-16)18(20-2)21-11-5-8-15-6-3-4-7-15/h15-16H,3-14H2,1-2H3,(H,19,23)(H,20,21). The Morgan fingerprint density at radius 1 is 1.13 bits per heavy atom. The first-order chi connectivity index (χ1) is 11.2. The molecule has 0 atom stereocenters. The molecule has 0 spiro atoms. The molecule has 1 amide bonds. The maximum absolute atomic E-state index is 11.5. The molecule has 0 bridgehead atoms. The predicted octanol–water partition coefficient (Wildman–Crippen LogP) is 2.38. The molecule has 1 saturated heterocycles. The summed E-state index contributed by atoms with van der Waals surface area (Å²) in [5.74, 6) is 2.69. The molecule has 2 aliphatic rings. The zero-order valence-electron chi connectivity index (χ0n) is 14.9. The highest BCUT2D eigenvalue weighted by atomic mass is 16.1. The fraction of sp³-hybridized carbons (Fsp3) is 0.889. The summed E-state index contributed by atoms with van der Waals surface area (Å²) in [7, 11) is 3.59. The number of amides is 1. The van der Waals surface area contributed by atoms with Crippen molar-refractivity contribution in [3.8, 4) is 0 Å². The average Bonchev–Trinajstić information content (AvgIpc) is 3.09. The van der Waals surface area contributed by atoms with E-state index >= 15 is 0 Å². The van der Waals surface area contributed by atoms with Crippen molar-refractivity contribution in [1.82, 2.24) is 15.5 Å². The molecular formula is C18H34N4O. The van der Waals surface area contributed by atoms with Gasteiger partial charge in [0.05, 0.1) is 0 Å². The zero-order valence-corrected chi connectivity index (χ0v) is 14.9. The van der Waals surface area contributed by atoms with Gasteiger partial charge >= 0.3 is 0 Å². The van der Waals surface area contributed by atoms with Crippen LogP contribution in [0, 0.1) is 11.8 Å². The van der Waals surface area contributed by atoms with Crippen LogP contribution in [-0.4, -0.2) is 50.5 Å². The lowest BCUT2D eigenvalue weighted by molar-refractivity contribution is -0.121. The molecule has 2 fully saturated rings. The number of nitrogens with one attached hydrogen (secondary N) is 2. The van der Waals surface area contributed by atoms with E-state index < -0.39 is 0 Å². The minimum atomic E-state index is 0.165. The van der Waals surface area contributed by atoms with Crippen LogP contribution in [0.25, 0.3) is 0 Å². The molecular weight excluding hydrogens is 288 g/mol. The van der Waals surface area contributed by atoms with Crippen molar-refractivity contribution >= 4 is 11.9 Å². The van der Waals surface area contributed by atoms with E-state index in [1.54, 1.807) is 7.05 Å². The number of likely N-dealkylation sites (tertiary alicyclic amines) is 1. The monoisotopic (exact) mass is 322 g/mol. The van der Waals surface area contributed by atoms with Gasteiger partial charge in [-0.1, -0.05) is 25.7 Å². The molecule has 0 aromatic heterocycles. The summed E-state index contributed by atoms with van der Waals surface area (Å²) in [6, 6.07) is 0. The van der Waals surface area contributed by atoms with Crippen molar-refractivity contribution in [3.05, 3.63) is 0 Å². The van der Waals surface area contributed by atoms with Gasteiger partial charge in [0, 0.05) is 40.2 Å². The highest BCUT2D eigenvalue weighted by molar-refractivity contribution is 5.80. The number of hydrogen-bond donors (Lipinski definition) is 2. The summed E-state index contributed by atoms with van der Waals surface area (Å²) < 4.78 is 0. The first-order valence-electron chi connectivity index (χ1n) is 9.39. The summed E-state index contributed by atoms with van der Waals surface area (Å²) in [5, 5.41) is 6.25. The Balaban J connectivity index is 1.63. The maximum atomic E-state index is 11.5. The van der Waals surface area contributed by atoms with E-state index in [-0.39, 0.29) is 5.91 Å². The van der Waals surface area contributed by atoms with E-state index in [4.69, 9.17) is 0 Å². The Bertz CT molecular complexity index is 382. The van der Waals surface area contributed by atoms with Crippen LogP contribution in [0.4, 0.5) is 0 Å². The van der Waals surface area contributed by atoms with E-state index in [1.807, 2.05) is 7.05 Å². The molecule has 1 saturated carbocycles. The summed E-state index contributed by atoms with van der Waals surface area (Å²) in [6.45, 7) is 3.04. The van der Waals surface area contributed by atoms with E-state index in [9.17, 15) is 4.79 Å². The summed E-state index contributed by atoms with van der Waals surface area (Å²) in [4.78, 5) is 18.3. The van der Waals surface area contributed by atoms with Crippen LogP contribution in [0.5, 0.6) is 0 Å². The largest absolute Gasteiger partial charge is 0.359 e. The number of aliphatic imine (C=N–C) groups is 1. The van der Waals surface area contributed by atoms with Crippen LogP contribution in [0.2, 0.25) is 0 Å². The Morgan fingerprint density at radius 3 is 2.43 bits per heavy atom. The second-order valence-corrected chi connectivity index (χ2v) is 7.07. The minimum absolute atomic E-state index is 0.165. The number of carbonyl (C=O) groups is 1. The van der Waals surface area contributed by atoms with Gasteiger partial charge in [-0.25, -0.2) is 0 Å². The number of piperidine rings is 1. The Morgan fingerprint density at radius 2 is 1.83 bits per heavy atom. The van der Waals surface area contributed by atoms with Gasteiger partial charge in [0.2, 0.25) is 5.91 Å². The van der Waals surface area contributed by atoms with Gasteiger partial charge in [-0.05, 0) is 37.5 Å². The van der Waals surface area contributed by atoms with E-state index in [2.05, 4.69) is 20.5 Å². The van der Waals surface area contributed by atoms with Crippen molar-refractivity contribution in [2.45, 2.75) is 57.8 Å². The molecule has 5 heteroatoms. The highest BCUT2D eigenvalue weighted by Gasteiger charge is 2.23. The summed E-state index contributed by atoms with van der Waals surface area (Å²) in [5.41, 5.74) is 0. The zero-order chi connectivity index (χ0) is 16.5. The SMILES string of the molecule is CN=C(NCCCC1CCCC1)N1CCC(CC(=O)NC)CC1. The van der Waals surface area contributed by atoms with Gasteiger partial charge in [-0.2, -0.15) is 0 Å². The van der Waals surface area contributed by atoms with Crippen molar-refractivity contribution < 1.29 is 4.79 Å². The molecule has 0 aromatic carbocycles. The van der Waals surface area contributed by atoms with Gasteiger partial charge in [-0.3, -0.25) is 9.79 Å². The lowest BCUT2D eigenvalue weighted by Gasteiger charge is -2.34. The molecule has 23 heavy (non-hydrogen) atoms. The van der Waals surface area contributed by atoms with Crippen molar-refractivity contribution in [1.29, 1.82) is 0 Å². The molecule has 1 aliphatic heterocycles. The highest BCUT2D eigenvalue weighted by Crippen LogP contribution is 2.28. The van der Waals surface area contributed by atoms with E-state index in [0.29, 0.717) is 12.3 Å². The molecule has 0 radical (unpaired) electrons. The Kier molecular flexibility index (Phi) is 7.69. The number of rotatable bonds is 6. The van der Waals surface area contributed by atoms with Crippen molar-refractivity contribution in [3.63, 3.8) is 0 Å². The molecule has 132 valence electrons. The fourth-order valence-corrected chi connectivity index (χ4v) is 3.94. The number of nitrogens with zero attached hydrogens (tertiary/aromatic N) is 2. The lowest BCUT2D eigenvalue weighted by atomic mass is 9.93. The summed E-state index contributed by atoms with van der Waals surface area (Å²) in [6.07, 6.45) is 11.2. The van der Waals surface area contributed by atoms with Crippen LogP contribution in [0.15, 0.2) is 4.99 Å². The third-order valence-electron chi connectivity index (χ3n) is 5.43. The topological polar surface area (TPSA) is 56.7 Å². The van der Waals surface area contributed by atoms with Crippen LogP contribution in [0.1, 0.15) is 57.8 Å². The smallest absolute Gasteiger partial charge is 0.220 e. The summed E-state index contributed by atoms with van der Waals surface area (Å²) >= 11 is 0. The van der Waals surface area contributed by atoms with Crippen LogP contribution in [-0.2, 0) is 4.79 Å². The normalized spacial score (nSPS) is 20.8. The first kappa shape index (κ1) is 18.1. The third kappa shape index (κ3) is 6.04. The number of carbonyl (C=O) groups excluding carboxylic acids is 1. The molecule has 5 nitrogen and oxygen atoms in total. The Labute approximate surface area is 141 Å². The van der Waals surface area contributed by atoms with Gasteiger partial charge in [0.1, 0.15) is 0 Å². The van der Waals surface area contributed by atoms with Crippen LogP contribution in [0.3, 0.4) is 0 Å². The molecule has 1 aliphatic carbocycles. The van der Waals surface area contributed by atoms with E-state index in [1.165, 1.54) is 38.5 Å². The molecule has 1 heterocycles. The van der Waals surface area contributed by atoms with Gasteiger partial charge in [-0.15, -0.1) is 0 Å². The lowest BCUT2D eigenvalue weighted by Crippen LogP contribution is -2.46. The second kappa shape index (κ2) is 9.78. The van der Waals surface area contributed by atoms with Gasteiger partial charge in [0.15, 0.2) is 5.96 Å². The maximum Gasteiger partial charge on any atom is 0.220 e. The third-order valence-corrected chi connectivity index (χ3v) is 5.43. The average molecular weight is 322 g/mol. The van der Waals surface area contributed by atoms with Gasteiger partial charge < -0.3 is 15.5 Å². The first-order valence-corrected chi connectivity index (χ1v) is 9.39. The van der Waals surface area contributed by atoms with E-state index in [0.717, 1.165) is 44.4 Å². The van der Waals surface area contributed by atoms with Crippen LogP contribution < -0.4 is 10.6 Å². The Hall–Kier alpha value is -1.26. The molecule has 0 unspecified atom stereocenters. The molecule has 2 rings (SSSR count). The molecule has 2 N–H and O–H groups in total. The quantitative estimate of drug-likeness (QED) is 0.448. The predicted molar refractivity (Wildman–Crippen MR) is 95.5 cm³/mol. The van der Waals surface area contributed by atoms with Crippen molar-refractivity contribution in [2.75, 3.05) is 33.7 Å². The number of hydrogen-bond acceptors (Lipinski definition) is 2. The van der Waals surface area contributed by atoms with Gasteiger partial charge in [0.25, 0.3) is 0 Å². The molecule has 0 aromatic rings. The van der Waals surface area contributed by atoms with Crippen molar-refractivity contribution in [2.24, 2.45) is 16.8 Å². The van der Waals surface area contributed by atoms with Crippen LogP contribution >= 0.6 is 0 Å². The number of guanidine groups is 1. The second-order valence-electron chi connectivity index (χ2n) is 7.07. The fourth-order valence-electron chi connectivity index (χ4n) is 3.94. The minimum Gasteiger partial charge on any atom is -0.359 e.